The van der Waals surface area contributed by atoms with Crippen molar-refractivity contribution in [3.63, 3.8) is 0 Å². The molecule has 0 saturated carbocycles. The van der Waals surface area contributed by atoms with Gasteiger partial charge in [-0.05, 0) is 46.9 Å². The molecule has 0 N–H and O–H groups in total. The van der Waals surface area contributed by atoms with Crippen LogP contribution < -0.4 is 0 Å². The van der Waals surface area contributed by atoms with Gasteiger partial charge < -0.3 is 0 Å². The topological polar surface area (TPSA) is 17.1 Å². The lowest BCUT2D eigenvalue weighted by Crippen LogP contribution is -2.10. The number of hydrogen-bond donors (Lipinski definition) is 0. The Balaban J connectivity index is 2.43. The highest BCUT2D eigenvalue weighted by atomic mass is 127. The number of hydrogen-bond acceptors (Lipinski definition) is 1. The minimum atomic E-state index is -4.77. The standard InChI is InChI=1S/C14H7F4IO/c15-11-7-8(5-6-10(11)14(16,17)18)13(20)9-3-1-2-4-12(9)19/h1-7H. The van der Waals surface area contributed by atoms with Gasteiger partial charge in [0.15, 0.2) is 5.78 Å². The normalized spacial score (nSPS) is 11.4. The lowest BCUT2D eigenvalue weighted by molar-refractivity contribution is -0.140. The van der Waals surface area contributed by atoms with E-state index >= 15 is 0 Å². The second-order valence-electron chi connectivity index (χ2n) is 4.00. The largest absolute Gasteiger partial charge is 0.419 e. The molecule has 0 radical (unpaired) electrons. The van der Waals surface area contributed by atoms with Crippen LogP contribution in [0.3, 0.4) is 0 Å². The molecule has 0 aliphatic heterocycles. The van der Waals surface area contributed by atoms with Crippen LogP contribution in [0.4, 0.5) is 17.6 Å². The van der Waals surface area contributed by atoms with Crippen molar-refractivity contribution < 1.29 is 22.4 Å². The predicted octanol–water partition coefficient (Wildman–Crippen LogP) is 4.68. The average molecular weight is 394 g/mol. The third-order valence-corrected chi connectivity index (χ3v) is 3.60. The molecule has 2 rings (SSSR count). The molecular formula is C14H7F4IO. The highest BCUT2D eigenvalue weighted by molar-refractivity contribution is 14.1. The maximum absolute atomic E-state index is 13.4. The Hall–Kier alpha value is -1.44. The van der Waals surface area contributed by atoms with Gasteiger partial charge in [-0.3, -0.25) is 4.79 Å². The fourth-order valence-electron chi connectivity index (χ4n) is 1.69. The zero-order valence-electron chi connectivity index (χ0n) is 9.84. The first-order valence-corrected chi connectivity index (χ1v) is 6.54. The van der Waals surface area contributed by atoms with Crippen molar-refractivity contribution in [3.8, 4) is 0 Å². The highest BCUT2D eigenvalue weighted by Crippen LogP contribution is 2.32. The molecule has 2 aromatic rings. The van der Waals surface area contributed by atoms with Gasteiger partial charge in [0, 0.05) is 14.7 Å². The van der Waals surface area contributed by atoms with Crippen LogP contribution in [0, 0.1) is 9.39 Å². The number of ketones is 1. The first-order chi connectivity index (χ1) is 9.30. The lowest BCUT2D eigenvalue weighted by Gasteiger charge is -2.09. The molecule has 0 amide bonds. The molecule has 1 nitrogen and oxygen atoms in total. The Kier molecular flexibility index (Phi) is 4.12. The minimum absolute atomic E-state index is 0.111. The molecule has 0 bridgehead atoms. The summed E-state index contributed by atoms with van der Waals surface area (Å²) in [4.78, 5) is 12.1. The van der Waals surface area contributed by atoms with Crippen molar-refractivity contribution in [2.75, 3.05) is 0 Å². The van der Waals surface area contributed by atoms with Gasteiger partial charge in [-0.2, -0.15) is 13.2 Å². The maximum Gasteiger partial charge on any atom is 0.419 e. The van der Waals surface area contributed by atoms with Gasteiger partial charge in [-0.1, -0.05) is 18.2 Å². The van der Waals surface area contributed by atoms with E-state index in [0.717, 1.165) is 6.07 Å². The summed E-state index contributed by atoms with van der Waals surface area (Å²) in [5.74, 6) is -1.96. The fourth-order valence-corrected chi connectivity index (χ4v) is 2.32. The van der Waals surface area contributed by atoms with Crippen molar-refractivity contribution in [2.24, 2.45) is 0 Å². The molecule has 0 aliphatic carbocycles. The Morgan fingerprint density at radius 1 is 1.05 bits per heavy atom. The summed E-state index contributed by atoms with van der Waals surface area (Å²) in [7, 11) is 0. The molecule has 20 heavy (non-hydrogen) atoms. The van der Waals surface area contributed by atoms with Gasteiger partial charge in [0.2, 0.25) is 0 Å². The van der Waals surface area contributed by atoms with E-state index in [-0.39, 0.29) is 5.56 Å². The second-order valence-corrected chi connectivity index (χ2v) is 5.16. The summed E-state index contributed by atoms with van der Waals surface area (Å²) < 4.78 is 51.4. The van der Waals surface area contributed by atoms with Crippen molar-refractivity contribution >= 4 is 28.4 Å². The molecule has 104 valence electrons. The van der Waals surface area contributed by atoms with Gasteiger partial charge in [0.25, 0.3) is 0 Å². The van der Waals surface area contributed by atoms with Crippen LogP contribution in [0.1, 0.15) is 21.5 Å². The molecule has 0 atom stereocenters. The summed E-state index contributed by atoms with van der Waals surface area (Å²) in [6, 6.07) is 8.78. The first kappa shape index (κ1) is 15.0. The van der Waals surface area contributed by atoms with Crippen LogP contribution in [0.2, 0.25) is 0 Å². The number of alkyl halides is 3. The zero-order valence-corrected chi connectivity index (χ0v) is 12.0. The molecule has 0 spiro atoms. The molecule has 0 aliphatic rings. The van der Waals surface area contributed by atoms with Crippen LogP contribution >= 0.6 is 22.6 Å². The van der Waals surface area contributed by atoms with Gasteiger partial charge >= 0.3 is 6.18 Å². The van der Waals surface area contributed by atoms with E-state index in [1.54, 1.807) is 24.3 Å². The number of benzene rings is 2. The van der Waals surface area contributed by atoms with E-state index < -0.39 is 23.3 Å². The van der Waals surface area contributed by atoms with Crippen LogP contribution in [0.5, 0.6) is 0 Å². The zero-order chi connectivity index (χ0) is 14.9. The van der Waals surface area contributed by atoms with Gasteiger partial charge in [0.05, 0.1) is 5.56 Å². The molecule has 0 aromatic heterocycles. The van der Waals surface area contributed by atoms with E-state index in [1.807, 2.05) is 22.6 Å². The van der Waals surface area contributed by atoms with Gasteiger partial charge in [0.1, 0.15) is 5.82 Å². The summed E-state index contributed by atoms with van der Waals surface area (Å²) in [6.45, 7) is 0. The molecule has 0 unspecified atom stereocenters. The van der Waals surface area contributed by atoms with Gasteiger partial charge in [-0.15, -0.1) is 0 Å². The van der Waals surface area contributed by atoms with Crippen molar-refractivity contribution in [2.45, 2.75) is 6.18 Å². The van der Waals surface area contributed by atoms with Crippen molar-refractivity contribution in [1.29, 1.82) is 0 Å². The second kappa shape index (κ2) is 5.51. The summed E-state index contributed by atoms with van der Waals surface area (Å²) in [5, 5.41) is 0. The van der Waals surface area contributed by atoms with Crippen LogP contribution in [-0.4, -0.2) is 5.78 Å². The molecular weight excluding hydrogens is 387 g/mol. The number of halogens is 5. The Morgan fingerprint density at radius 3 is 2.25 bits per heavy atom. The molecule has 0 fully saturated rings. The van der Waals surface area contributed by atoms with Crippen LogP contribution in [0.25, 0.3) is 0 Å². The Morgan fingerprint density at radius 2 is 1.70 bits per heavy atom. The molecule has 0 saturated heterocycles. The highest BCUT2D eigenvalue weighted by Gasteiger charge is 2.34. The van der Waals surface area contributed by atoms with E-state index in [1.165, 1.54) is 0 Å². The van der Waals surface area contributed by atoms with E-state index in [2.05, 4.69) is 0 Å². The number of rotatable bonds is 2. The van der Waals surface area contributed by atoms with E-state index in [0.29, 0.717) is 21.3 Å². The molecule has 0 heterocycles. The smallest absolute Gasteiger partial charge is 0.289 e. The maximum atomic E-state index is 13.4. The SMILES string of the molecule is O=C(c1ccc(C(F)(F)F)c(F)c1)c1ccccc1I. The number of carbonyl (C=O) groups is 1. The third-order valence-electron chi connectivity index (χ3n) is 2.66. The van der Waals surface area contributed by atoms with E-state index in [4.69, 9.17) is 0 Å². The van der Waals surface area contributed by atoms with Crippen LogP contribution in [-0.2, 0) is 6.18 Å². The average Bonchev–Trinajstić information content (AvgIpc) is 2.37. The van der Waals surface area contributed by atoms with E-state index in [9.17, 15) is 22.4 Å². The lowest BCUT2D eigenvalue weighted by atomic mass is 10.0. The molecule has 6 heteroatoms. The summed E-state index contributed by atoms with van der Waals surface area (Å²) >= 11 is 1.94. The summed E-state index contributed by atoms with van der Waals surface area (Å²) in [5.41, 5.74) is -1.16. The van der Waals surface area contributed by atoms with Crippen molar-refractivity contribution in [3.05, 3.63) is 68.5 Å². The molecule has 2 aromatic carbocycles. The van der Waals surface area contributed by atoms with Gasteiger partial charge in [-0.25, -0.2) is 4.39 Å². The predicted molar refractivity (Wildman–Crippen MR) is 74.0 cm³/mol. The Bertz CT molecular complexity index is 664. The quantitative estimate of drug-likeness (QED) is 0.411. The fraction of sp³-hybridized carbons (Fsp3) is 0.0714. The number of carbonyl (C=O) groups excluding carboxylic acids is 1. The third kappa shape index (κ3) is 3.00. The minimum Gasteiger partial charge on any atom is -0.289 e. The first-order valence-electron chi connectivity index (χ1n) is 5.46. The van der Waals surface area contributed by atoms with Crippen LogP contribution in [0.15, 0.2) is 42.5 Å². The Labute approximate surface area is 125 Å². The van der Waals surface area contributed by atoms with Crippen molar-refractivity contribution in [1.82, 2.24) is 0 Å². The monoisotopic (exact) mass is 394 g/mol. The summed E-state index contributed by atoms with van der Waals surface area (Å²) in [6.07, 6.45) is -4.77.